The van der Waals surface area contributed by atoms with Crippen molar-refractivity contribution in [1.29, 1.82) is 0 Å². The molecule has 2 atom stereocenters. The van der Waals surface area contributed by atoms with Crippen LogP contribution in [0.5, 0.6) is 0 Å². The Hall–Kier alpha value is -1.11. The number of hydrogen-bond donors (Lipinski definition) is 1. The predicted molar refractivity (Wildman–Crippen MR) is 85.5 cm³/mol. The molecule has 22 heavy (non-hydrogen) atoms. The van der Waals surface area contributed by atoms with Crippen molar-refractivity contribution in [2.24, 2.45) is 0 Å². The minimum atomic E-state index is -0.210. The SMILES string of the molecule is C=CC(C)ONC(=O)N1CC2(CCCC2)OCC1CN(C)C. The highest BCUT2D eigenvalue weighted by Gasteiger charge is 2.44. The lowest BCUT2D eigenvalue weighted by molar-refractivity contribution is -0.123. The first-order valence-electron chi connectivity index (χ1n) is 8.09. The molecule has 2 aliphatic rings. The monoisotopic (exact) mass is 311 g/mol. The van der Waals surface area contributed by atoms with E-state index in [1.54, 1.807) is 6.08 Å². The molecular formula is C16H29N3O3. The number of likely N-dealkylation sites (N-methyl/N-ethyl adjacent to an activating group) is 1. The normalized spacial score (nSPS) is 25.5. The van der Waals surface area contributed by atoms with Gasteiger partial charge in [0.1, 0.15) is 6.10 Å². The second kappa shape index (κ2) is 7.44. The summed E-state index contributed by atoms with van der Waals surface area (Å²) in [5, 5.41) is 0. The van der Waals surface area contributed by atoms with Gasteiger partial charge in [0, 0.05) is 6.54 Å². The zero-order valence-corrected chi connectivity index (χ0v) is 14.0. The van der Waals surface area contributed by atoms with Crippen molar-refractivity contribution in [3.63, 3.8) is 0 Å². The number of carbonyl (C=O) groups excluding carboxylic acids is 1. The Bertz CT molecular complexity index is 394. The standard InChI is InChI=1S/C16H29N3O3/c1-5-13(2)22-17-15(20)19-12-16(8-6-7-9-16)21-11-14(19)10-18(3)4/h5,13-14H,1,6-12H2,2-4H3,(H,17,20). The zero-order chi connectivity index (χ0) is 16.2. The van der Waals surface area contributed by atoms with Crippen molar-refractivity contribution < 1.29 is 14.4 Å². The fourth-order valence-corrected chi connectivity index (χ4v) is 3.23. The summed E-state index contributed by atoms with van der Waals surface area (Å²) in [6.45, 7) is 7.49. The number of carbonyl (C=O) groups is 1. The van der Waals surface area contributed by atoms with Gasteiger partial charge >= 0.3 is 6.03 Å². The molecule has 0 bridgehead atoms. The summed E-state index contributed by atoms with van der Waals surface area (Å²) in [6.07, 6.45) is 5.87. The van der Waals surface area contributed by atoms with E-state index < -0.39 is 0 Å². The van der Waals surface area contributed by atoms with Crippen LogP contribution >= 0.6 is 0 Å². The Balaban J connectivity index is 2.02. The van der Waals surface area contributed by atoms with Gasteiger partial charge in [0.15, 0.2) is 0 Å². The van der Waals surface area contributed by atoms with E-state index in [2.05, 4.69) is 17.0 Å². The second-order valence-electron chi connectivity index (χ2n) is 6.71. The van der Waals surface area contributed by atoms with Crippen molar-refractivity contribution in [2.45, 2.75) is 50.4 Å². The molecule has 1 N–H and O–H groups in total. The maximum absolute atomic E-state index is 12.5. The number of nitrogens with one attached hydrogen (secondary N) is 1. The Morgan fingerprint density at radius 3 is 2.82 bits per heavy atom. The molecule has 1 aliphatic heterocycles. The molecule has 2 rings (SSSR count). The lowest BCUT2D eigenvalue weighted by atomic mass is 9.98. The first kappa shape index (κ1) is 17.2. The Kier molecular flexibility index (Phi) is 5.83. The zero-order valence-electron chi connectivity index (χ0n) is 14.0. The predicted octanol–water partition coefficient (Wildman–Crippen LogP) is 1.78. The van der Waals surface area contributed by atoms with Crippen LogP contribution in [0.3, 0.4) is 0 Å². The molecule has 2 amide bonds. The van der Waals surface area contributed by atoms with Crippen molar-refractivity contribution in [3.05, 3.63) is 12.7 Å². The highest BCUT2D eigenvalue weighted by atomic mass is 16.7. The van der Waals surface area contributed by atoms with Crippen LogP contribution in [0.1, 0.15) is 32.6 Å². The van der Waals surface area contributed by atoms with E-state index in [0.29, 0.717) is 13.2 Å². The van der Waals surface area contributed by atoms with Gasteiger partial charge in [0.25, 0.3) is 0 Å². The van der Waals surface area contributed by atoms with Gasteiger partial charge in [-0.3, -0.25) is 4.84 Å². The lowest BCUT2D eigenvalue weighted by Crippen LogP contribution is -2.61. The molecule has 1 spiro atoms. The highest BCUT2D eigenvalue weighted by molar-refractivity contribution is 5.73. The molecule has 126 valence electrons. The summed E-state index contributed by atoms with van der Waals surface area (Å²) in [5.74, 6) is 0. The topological polar surface area (TPSA) is 54.0 Å². The van der Waals surface area contributed by atoms with Crippen LogP contribution < -0.4 is 5.48 Å². The van der Waals surface area contributed by atoms with E-state index in [4.69, 9.17) is 9.57 Å². The van der Waals surface area contributed by atoms with E-state index in [1.165, 1.54) is 12.8 Å². The van der Waals surface area contributed by atoms with Crippen LogP contribution in [0.15, 0.2) is 12.7 Å². The second-order valence-corrected chi connectivity index (χ2v) is 6.71. The van der Waals surface area contributed by atoms with E-state index in [1.807, 2.05) is 25.9 Å². The molecule has 2 unspecified atom stereocenters. The van der Waals surface area contributed by atoms with E-state index in [9.17, 15) is 4.79 Å². The van der Waals surface area contributed by atoms with Crippen molar-refractivity contribution in [3.8, 4) is 0 Å². The van der Waals surface area contributed by atoms with E-state index in [-0.39, 0.29) is 23.8 Å². The number of ether oxygens (including phenoxy) is 1. The molecule has 1 saturated carbocycles. The van der Waals surface area contributed by atoms with Crippen LogP contribution in [0.4, 0.5) is 4.79 Å². The first-order valence-corrected chi connectivity index (χ1v) is 8.09. The molecule has 6 heteroatoms. The van der Waals surface area contributed by atoms with Crippen LogP contribution in [0.25, 0.3) is 0 Å². The van der Waals surface area contributed by atoms with Crippen LogP contribution in [-0.4, -0.2) is 67.4 Å². The smallest absolute Gasteiger partial charge is 0.341 e. The van der Waals surface area contributed by atoms with Gasteiger partial charge in [-0.1, -0.05) is 18.9 Å². The summed E-state index contributed by atoms with van der Waals surface area (Å²) in [5.41, 5.74) is 2.41. The molecular weight excluding hydrogens is 282 g/mol. The first-order chi connectivity index (χ1) is 10.5. The molecule has 0 aromatic heterocycles. The van der Waals surface area contributed by atoms with Crippen LogP contribution in [0.2, 0.25) is 0 Å². The summed E-state index contributed by atoms with van der Waals surface area (Å²) >= 11 is 0. The Labute approximate surface area is 133 Å². The summed E-state index contributed by atoms with van der Waals surface area (Å²) in [4.78, 5) is 21.8. The molecule has 2 fully saturated rings. The van der Waals surface area contributed by atoms with Gasteiger partial charge in [-0.25, -0.2) is 10.3 Å². The van der Waals surface area contributed by atoms with Gasteiger partial charge in [-0.05, 0) is 33.9 Å². The van der Waals surface area contributed by atoms with Crippen molar-refractivity contribution >= 4 is 6.03 Å². The number of morpholine rings is 1. The van der Waals surface area contributed by atoms with E-state index in [0.717, 1.165) is 19.4 Å². The number of rotatable bonds is 5. The summed E-state index contributed by atoms with van der Waals surface area (Å²) < 4.78 is 6.16. The quantitative estimate of drug-likeness (QED) is 0.621. The summed E-state index contributed by atoms with van der Waals surface area (Å²) in [6, 6.07) is -0.140. The van der Waals surface area contributed by atoms with Crippen LogP contribution in [0, 0.1) is 0 Å². The van der Waals surface area contributed by atoms with Gasteiger partial charge in [0.05, 0.1) is 24.8 Å². The van der Waals surface area contributed by atoms with Gasteiger partial charge in [0.2, 0.25) is 0 Å². The van der Waals surface area contributed by atoms with Gasteiger partial charge < -0.3 is 14.5 Å². The van der Waals surface area contributed by atoms with Crippen molar-refractivity contribution in [2.75, 3.05) is 33.8 Å². The maximum atomic E-state index is 12.5. The third-order valence-corrected chi connectivity index (χ3v) is 4.50. The third-order valence-electron chi connectivity index (χ3n) is 4.50. The lowest BCUT2D eigenvalue weighted by Gasteiger charge is -2.45. The third kappa shape index (κ3) is 4.21. The largest absolute Gasteiger partial charge is 0.371 e. The number of hydroxylamine groups is 1. The molecule has 0 aromatic carbocycles. The van der Waals surface area contributed by atoms with E-state index >= 15 is 0 Å². The van der Waals surface area contributed by atoms with Crippen molar-refractivity contribution in [1.82, 2.24) is 15.3 Å². The molecule has 1 heterocycles. The number of nitrogens with zero attached hydrogens (tertiary/aromatic N) is 2. The molecule has 6 nitrogen and oxygen atoms in total. The number of hydrogen-bond acceptors (Lipinski definition) is 4. The number of urea groups is 1. The summed E-state index contributed by atoms with van der Waals surface area (Å²) in [7, 11) is 4.01. The van der Waals surface area contributed by atoms with Gasteiger partial charge in [-0.15, -0.1) is 6.58 Å². The van der Waals surface area contributed by atoms with Crippen LogP contribution in [-0.2, 0) is 9.57 Å². The maximum Gasteiger partial charge on any atom is 0.341 e. The number of amides is 2. The average molecular weight is 311 g/mol. The average Bonchev–Trinajstić information content (AvgIpc) is 2.94. The Morgan fingerprint density at radius 2 is 2.23 bits per heavy atom. The fraction of sp³-hybridized carbons (Fsp3) is 0.812. The molecule has 0 radical (unpaired) electrons. The Morgan fingerprint density at radius 1 is 1.55 bits per heavy atom. The fourth-order valence-electron chi connectivity index (χ4n) is 3.23. The van der Waals surface area contributed by atoms with Gasteiger partial charge in [-0.2, -0.15) is 0 Å². The highest BCUT2D eigenvalue weighted by Crippen LogP contribution is 2.37. The minimum Gasteiger partial charge on any atom is -0.371 e. The minimum absolute atomic E-state index is 0.0452. The molecule has 1 saturated heterocycles. The molecule has 1 aliphatic carbocycles. The molecule has 0 aromatic rings.